The van der Waals surface area contributed by atoms with E-state index in [1.54, 1.807) is 18.2 Å². The number of piperidine rings is 1. The third kappa shape index (κ3) is 7.02. The quantitative estimate of drug-likeness (QED) is 0.519. The minimum Gasteiger partial charge on any atom is -0.386 e. The Balaban J connectivity index is 1.89. The predicted octanol–water partition coefficient (Wildman–Crippen LogP) is 2.92. The van der Waals surface area contributed by atoms with Crippen molar-refractivity contribution in [1.29, 1.82) is 0 Å². The van der Waals surface area contributed by atoms with Crippen molar-refractivity contribution < 1.29 is 5.11 Å². The number of hydrogen-bond donors (Lipinski definition) is 3. The van der Waals surface area contributed by atoms with Crippen molar-refractivity contribution in [2.75, 3.05) is 39.8 Å². The van der Waals surface area contributed by atoms with E-state index in [-0.39, 0.29) is 6.54 Å². The van der Waals surface area contributed by atoms with Gasteiger partial charge in [-0.1, -0.05) is 23.2 Å². The number of aliphatic hydroxyl groups excluding tert-OH is 1. The number of aliphatic hydroxyl groups is 1. The summed E-state index contributed by atoms with van der Waals surface area (Å²) < 4.78 is 0. The summed E-state index contributed by atoms with van der Waals surface area (Å²) in [5, 5.41) is 18.0. The highest BCUT2D eigenvalue weighted by atomic mass is 35.5. The van der Waals surface area contributed by atoms with Crippen molar-refractivity contribution in [2.45, 2.75) is 25.9 Å². The van der Waals surface area contributed by atoms with E-state index in [0.717, 1.165) is 32.1 Å². The third-order valence-corrected chi connectivity index (χ3v) is 4.87. The maximum absolute atomic E-state index is 10.3. The summed E-state index contributed by atoms with van der Waals surface area (Å²) in [5.41, 5.74) is 0.674. The Kier molecular flexibility index (Phi) is 8.30. The number of aliphatic imine (C=N–C) groups is 1. The molecule has 0 aliphatic carbocycles. The Morgan fingerprint density at radius 1 is 1.24 bits per heavy atom. The average Bonchev–Trinajstić information content (AvgIpc) is 2.57. The van der Waals surface area contributed by atoms with Crippen molar-refractivity contribution in [3.05, 3.63) is 33.8 Å². The van der Waals surface area contributed by atoms with Gasteiger partial charge < -0.3 is 20.6 Å². The standard InChI is InChI=1S/C18H28Cl2N4O/c1-3-21-18(22-11-13-4-6-24(2)7-5-13)23-12-17(25)14-8-15(19)10-16(20)9-14/h8-10,13,17,25H,3-7,11-12H2,1-2H3,(H2,21,22,23). The second kappa shape index (κ2) is 10.2. The highest BCUT2D eigenvalue weighted by molar-refractivity contribution is 6.34. The topological polar surface area (TPSA) is 59.9 Å². The van der Waals surface area contributed by atoms with E-state index in [9.17, 15) is 5.11 Å². The first-order valence-electron chi connectivity index (χ1n) is 8.82. The van der Waals surface area contributed by atoms with E-state index < -0.39 is 6.10 Å². The molecule has 5 nitrogen and oxygen atoms in total. The molecule has 1 aliphatic rings. The zero-order valence-electron chi connectivity index (χ0n) is 14.9. The van der Waals surface area contributed by atoms with Crippen LogP contribution in [0.15, 0.2) is 23.2 Å². The van der Waals surface area contributed by atoms with Crippen LogP contribution in [0.25, 0.3) is 0 Å². The Hall–Kier alpha value is -1.01. The van der Waals surface area contributed by atoms with E-state index in [0.29, 0.717) is 21.5 Å². The van der Waals surface area contributed by atoms with Gasteiger partial charge in [-0.15, -0.1) is 0 Å². The molecule has 140 valence electrons. The molecule has 0 spiro atoms. The normalized spacial score (nSPS) is 18.2. The molecular formula is C18H28Cl2N4O. The summed E-state index contributed by atoms with van der Waals surface area (Å²) in [4.78, 5) is 6.86. The van der Waals surface area contributed by atoms with Crippen LogP contribution in [0.5, 0.6) is 0 Å². The second-order valence-electron chi connectivity index (χ2n) is 6.57. The van der Waals surface area contributed by atoms with Gasteiger partial charge in [-0.25, -0.2) is 0 Å². The van der Waals surface area contributed by atoms with Crippen molar-refractivity contribution in [3.8, 4) is 0 Å². The van der Waals surface area contributed by atoms with E-state index in [4.69, 9.17) is 23.2 Å². The smallest absolute Gasteiger partial charge is 0.191 e. The van der Waals surface area contributed by atoms with Gasteiger partial charge in [0.05, 0.1) is 12.6 Å². The Labute approximate surface area is 160 Å². The highest BCUT2D eigenvalue weighted by Crippen LogP contribution is 2.23. The fourth-order valence-corrected chi connectivity index (χ4v) is 3.44. The van der Waals surface area contributed by atoms with Gasteiger partial charge in [0.1, 0.15) is 0 Å². The van der Waals surface area contributed by atoms with Crippen LogP contribution in [-0.4, -0.2) is 55.7 Å². The summed E-state index contributed by atoms with van der Waals surface area (Å²) in [6.45, 7) is 6.25. The summed E-state index contributed by atoms with van der Waals surface area (Å²) in [6.07, 6.45) is 1.66. The number of hydrogen-bond acceptors (Lipinski definition) is 3. The van der Waals surface area contributed by atoms with Crippen LogP contribution < -0.4 is 10.6 Å². The van der Waals surface area contributed by atoms with Crippen LogP contribution >= 0.6 is 23.2 Å². The van der Waals surface area contributed by atoms with Gasteiger partial charge in [0.25, 0.3) is 0 Å². The molecule has 0 saturated carbocycles. The molecule has 1 unspecified atom stereocenters. The number of nitrogens with one attached hydrogen (secondary N) is 2. The highest BCUT2D eigenvalue weighted by Gasteiger charge is 2.17. The van der Waals surface area contributed by atoms with Crippen LogP contribution in [0.4, 0.5) is 0 Å². The maximum Gasteiger partial charge on any atom is 0.191 e. The van der Waals surface area contributed by atoms with Gasteiger partial charge >= 0.3 is 0 Å². The van der Waals surface area contributed by atoms with Crippen LogP contribution in [-0.2, 0) is 0 Å². The van der Waals surface area contributed by atoms with Gasteiger partial charge in [0.2, 0.25) is 0 Å². The molecule has 1 aliphatic heterocycles. The lowest BCUT2D eigenvalue weighted by molar-refractivity contribution is 0.187. The fraction of sp³-hybridized carbons (Fsp3) is 0.611. The Bertz CT molecular complexity index is 554. The molecule has 2 rings (SSSR count). The number of rotatable bonds is 6. The van der Waals surface area contributed by atoms with Crippen LogP contribution in [0.3, 0.4) is 0 Å². The van der Waals surface area contributed by atoms with Crippen molar-refractivity contribution in [3.63, 3.8) is 0 Å². The lowest BCUT2D eigenvalue weighted by Gasteiger charge is -2.29. The Morgan fingerprint density at radius 2 is 1.88 bits per heavy atom. The molecule has 1 heterocycles. The summed E-state index contributed by atoms with van der Waals surface area (Å²) >= 11 is 12.0. The molecule has 1 aromatic rings. The zero-order chi connectivity index (χ0) is 18.2. The van der Waals surface area contributed by atoms with E-state index >= 15 is 0 Å². The SMILES string of the molecule is CCNC(=NCC(O)c1cc(Cl)cc(Cl)c1)NCC1CCN(C)CC1. The molecule has 1 fully saturated rings. The van der Waals surface area contributed by atoms with Crippen LogP contribution in [0.2, 0.25) is 10.0 Å². The molecule has 3 N–H and O–H groups in total. The number of likely N-dealkylation sites (tertiary alicyclic amines) is 1. The molecule has 7 heteroatoms. The molecule has 1 aromatic carbocycles. The van der Waals surface area contributed by atoms with E-state index in [2.05, 4.69) is 27.6 Å². The molecule has 0 amide bonds. The van der Waals surface area contributed by atoms with Gasteiger partial charge in [-0.05, 0) is 69.6 Å². The number of halogens is 2. The van der Waals surface area contributed by atoms with E-state index in [1.165, 1.54) is 12.8 Å². The zero-order valence-corrected chi connectivity index (χ0v) is 16.4. The molecular weight excluding hydrogens is 359 g/mol. The van der Waals surface area contributed by atoms with Gasteiger partial charge in [-0.3, -0.25) is 4.99 Å². The third-order valence-electron chi connectivity index (χ3n) is 4.43. The molecule has 0 bridgehead atoms. The minimum absolute atomic E-state index is 0.249. The number of nitrogens with zero attached hydrogens (tertiary/aromatic N) is 2. The maximum atomic E-state index is 10.3. The minimum atomic E-state index is -0.741. The first-order chi connectivity index (χ1) is 12.0. The predicted molar refractivity (Wildman–Crippen MR) is 106 cm³/mol. The first kappa shape index (κ1) is 20.3. The van der Waals surface area contributed by atoms with Crippen LogP contribution in [0, 0.1) is 5.92 Å². The average molecular weight is 387 g/mol. The van der Waals surface area contributed by atoms with Gasteiger partial charge in [0, 0.05) is 23.1 Å². The lowest BCUT2D eigenvalue weighted by Crippen LogP contribution is -2.42. The largest absolute Gasteiger partial charge is 0.386 e. The monoisotopic (exact) mass is 386 g/mol. The fourth-order valence-electron chi connectivity index (χ4n) is 2.90. The Morgan fingerprint density at radius 3 is 2.48 bits per heavy atom. The molecule has 0 radical (unpaired) electrons. The van der Waals surface area contributed by atoms with E-state index in [1.807, 2.05) is 6.92 Å². The summed E-state index contributed by atoms with van der Waals surface area (Å²) in [7, 11) is 2.17. The summed E-state index contributed by atoms with van der Waals surface area (Å²) in [6, 6.07) is 5.08. The van der Waals surface area contributed by atoms with Crippen molar-refractivity contribution in [2.24, 2.45) is 10.9 Å². The van der Waals surface area contributed by atoms with Gasteiger partial charge in [0.15, 0.2) is 5.96 Å². The number of guanidine groups is 1. The van der Waals surface area contributed by atoms with Crippen molar-refractivity contribution >= 4 is 29.2 Å². The first-order valence-corrected chi connectivity index (χ1v) is 9.58. The lowest BCUT2D eigenvalue weighted by atomic mass is 9.97. The van der Waals surface area contributed by atoms with Crippen LogP contribution in [0.1, 0.15) is 31.4 Å². The molecule has 0 aromatic heterocycles. The second-order valence-corrected chi connectivity index (χ2v) is 7.44. The molecule has 1 atom stereocenters. The molecule has 25 heavy (non-hydrogen) atoms. The van der Waals surface area contributed by atoms with Crippen molar-refractivity contribution in [1.82, 2.24) is 15.5 Å². The summed E-state index contributed by atoms with van der Waals surface area (Å²) in [5.74, 6) is 1.39. The molecule has 1 saturated heterocycles. The number of benzene rings is 1. The van der Waals surface area contributed by atoms with Gasteiger partial charge in [-0.2, -0.15) is 0 Å².